The molecule has 0 bridgehead atoms. The summed E-state index contributed by atoms with van der Waals surface area (Å²) in [5, 5.41) is 22.2. The second-order valence-electron chi connectivity index (χ2n) is 3.28. The number of benzene rings is 1. The van der Waals surface area contributed by atoms with Crippen LogP contribution in [-0.2, 0) is 6.42 Å². The normalized spacial score (nSPS) is 9.53. The number of nitrogens with zero attached hydrogens (tertiary/aromatic N) is 1. The number of hydrogen-bond acceptors (Lipinski definition) is 5. The molecule has 88 valence electrons. The van der Waals surface area contributed by atoms with Gasteiger partial charge in [0.15, 0.2) is 0 Å². The van der Waals surface area contributed by atoms with E-state index in [-0.39, 0.29) is 46.7 Å². The number of nitro benzene ring substituents is 1. The third-order valence-corrected chi connectivity index (χ3v) is 2.21. The van der Waals surface area contributed by atoms with Gasteiger partial charge in [-0.05, 0) is 19.4 Å². The van der Waals surface area contributed by atoms with Crippen LogP contribution in [0, 0.1) is 10.1 Å². The van der Waals surface area contributed by atoms with Crippen LogP contribution in [0.25, 0.3) is 0 Å². The number of rotatable bonds is 5. The van der Waals surface area contributed by atoms with Crippen molar-refractivity contribution in [2.24, 2.45) is 5.73 Å². The Balaban J connectivity index is 0.00000256. The van der Waals surface area contributed by atoms with Gasteiger partial charge in [-0.15, -0.1) is 0 Å². The Morgan fingerprint density at radius 3 is 2.59 bits per heavy atom. The van der Waals surface area contributed by atoms with E-state index < -0.39 is 4.92 Å². The molecule has 6 nitrogen and oxygen atoms in total. The molecule has 1 aromatic rings. The summed E-state index contributed by atoms with van der Waals surface area (Å²) in [6, 6.07) is 2.40. The van der Waals surface area contributed by atoms with E-state index in [0.717, 1.165) is 6.07 Å². The summed E-state index contributed by atoms with van der Waals surface area (Å²) in [6.45, 7) is 0.428. The van der Waals surface area contributed by atoms with Crippen LogP contribution in [0.15, 0.2) is 12.1 Å². The first-order chi connectivity index (χ1) is 7.60. The molecular weight excluding hydrogens is 235 g/mol. The summed E-state index contributed by atoms with van der Waals surface area (Å²) in [5.74, 6) is -0.358. The first-order valence-corrected chi connectivity index (χ1v) is 4.82. The first-order valence-electron chi connectivity index (χ1n) is 4.82. The van der Waals surface area contributed by atoms with Crippen LogP contribution in [0.1, 0.15) is 12.0 Å². The zero-order valence-electron chi connectivity index (χ0n) is 9.93. The number of nitrogens with two attached hydrogens (primary N) is 1. The van der Waals surface area contributed by atoms with Gasteiger partial charge in [0.25, 0.3) is 5.69 Å². The van der Waals surface area contributed by atoms with Gasteiger partial charge in [0.05, 0.1) is 18.1 Å². The smallest absolute Gasteiger partial charge is 0.870 e. The van der Waals surface area contributed by atoms with Gasteiger partial charge in [0.1, 0.15) is 5.75 Å². The fraction of sp³-hybridized carbons (Fsp3) is 0.400. The molecule has 0 spiro atoms. The van der Waals surface area contributed by atoms with Crippen LogP contribution < -0.4 is 45.1 Å². The molecule has 17 heavy (non-hydrogen) atoms. The minimum absolute atomic E-state index is 0. The van der Waals surface area contributed by atoms with Crippen LogP contribution in [0.5, 0.6) is 11.5 Å². The van der Waals surface area contributed by atoms with E-state index >= 15 is 0 Å². The van der Waals surface area contributed by atoms with Crippen molar-refractivity contribution >= 4 is 5.69 Å². The summed E-state index contributed by atoms with van der Waals surface area (Å²) in [7, 11) is 1.31. The Morgan fingerprint density at radius 1 is 1.47 bits per heavy atom. The van der Waals surface area contributed by atoms with E-state index in [1.165, 1.54) is 13.2 Å². The molecule has 0 aromatic heterocycles. The van der Waals surface area contributed by atoms with Gasteiger partial charge in [-0.1, -0.05) is 11.8 Å². The SMILES string of the molecule is COc1cc([N+](=O)[O-])c(CCCN)cc1[O-].[Na+]. The van der Waals surface area contributed by atoms with Crippen LogP contribution in [-0.4, -0.2) is 18.6 Å². The molecule has 1 rings (SSSR count). The Kier molecular flexibility index (Phi) is 7.13. The van der Waals surface area contributed by atoms with Crippen LogP contribution >= 0.6 is 0 Å². The Hall–Kier alpha value is -0.820. The zero-order chi connectivity index (χ0) is 12.1. The van der Waals surface area contributed by atoms with E-state index in [4.69, 9.17) is 10.5 Å². The first kappa shape index (κ1) is 16.2. The van der Waals surface area contributed by atoms with Gasteiger partial charge in [-0.2, -0.15) is 0 Å². The maximum atomic E-state index is 11.4. The summed E-state index contributed by atoms with van der Waals surface area (Å²) in [5.41, 5.74) is 5.64. The van der Waals surface area contributed by atoms with Gasteiger partial charge in [-0.3, -0.25) is 10.1 Å². The molecule has 7 heteroatoms. The number of aryl methyl sites for hydroxylation is 1. The van der Waals surface area contributed by atoms with Crippen LogP contribution in [0.4, 0.5) is 5.69 Å². The number of ether oxygens (including phenoxy) is 1. The minimum Gasteiger partial charge on any atom is -0.870 e. The monoisotopic (exact) mass is 248 g/mol. The van der Waals surface area contributed by atoms with Crippen molar-refractivity contribution < 1.29 is 44.3 Å². The molecule has 0 heterocycles. The van der Waals surface area contributed by atoms with Gasteiger partial charge in [0, 0.05) is 5.56 Å². The predicted octanol–water partition coefficient (Wildman–Crippen LogP) is -2.43. The van der Waals surface area contributed by atoms with E-state index in [1.807, 2.05) is 0 Å². The third kappa shape index (κ3) is 4.16. The molecule has 0 radical (unpaired) electrons. The van der Waals surface area contributed by atoms with Crippen molar-refractivity contribution in [3.63, 3.8) is 0 Å². The molecule has 0 fully saturated rings. The zero-order valence-corrected chi connectivity index (χ0v) is 11.9. The van der Waals surface area contributed by atoms with Crippen molar-refractivity contribution in [1.29, 1.82) is 0 Å². The average Bonchev–Trinajstić information content (AvgIpc) is 2.25. The molecule has 0 aliphatic heterocycles. The Bertz CT molecular complexity index is 398. The molecule has 0 aliphatic rings. The van der Waals surface area contributed by atoms with E-state index in [0.29, 0.717) is 24.9 Å². The van der Waals surface area contributed by atoms with E-state index in [1.54, 1.807) is 0 Å². The third-order valence-electron chi connectivity index (χ3n) is 2.21. The second kappa shape index (κ2) is 7.50. The quantitative estimate of drug-likeness (QED) is 0.355. The molecule has 0 aliphatic carbocycles. The second-order valence-corrected chi connectivity index (χ2v) is 3.28. The van der Waals surface area contributed by atoms with E-state index in [2.05, 4.69) is 0 Å². The maximum Gasteiger partial charge on any atom is 1.00 e. The van der Waals surface area contributed by atoms with Crippen molar-refractivity contribution in [3.05, 3.63) is 27.8 Å². The van der Waals surface area contributed by atoms with Crippen molar-refractivity contribution in [2.75, 3.05) is 13.7 Å². The van der Waals surface area contributed by atoms with Gasteiger partial charge in [-0.25, -0.2) is 0 Å². The summed E-state index contributed by atoms with van der Waals surface area (Å²) < 4.78 is 4.75. The van der Waals surface area contributed by atoms with Gasteiger partial charge in [0.2, 0.25) is 0 Å². The van der Waals surface area contributed by atoms with Crippen molar-refractivity contribution in [2.45, 2.75) is 12.8 Å². The topological polar surface area (TPSA) is 101 Å². The number of methoxy groups -OCH3 is 1. The Labute approximate surface area is 121 Å². The number of nitro groups is 1. The minimum atomic E-state index is -0.520. The van der Waals surface area contributed by atoms with Crippen molar-refractivity contribution in [3.8, 4) is 11.5 Å². The van der Waals surface area contributed by atoms with E-state index in [9.17, 15) is 15.2 Å². The number of hydrogen-bond donors (Lipinski definition) is 1. The predicted molar refractivity (Wildman–Crippen MR) is 56.5 cm³/mol. The Morgan fingerprint density at radius 2 is 2.12 bits per heavy atom. The summed E-state index contributed by atoms with van der Waals surface area (Å²) in [6.07, 6.45) is 1.03. The van der Waals surface area contributed by atoms with Crippen LogP contribution in [0.2, 0.25) is 0 Å². The van der Waals surface area contributed by atoms with Gasteiger partial charge >= 0.3 is 29.6 Å². The fourth-order valence-corrected chi connectivity index (χ4v) is 1.41. The molecule has 0 amide bonds. The standard InChI is InChI=1S/C10H14N2O4.Na/c1-16-10-6-8(12(14)15)7(3-2-4-11)5-9(10)13;/h5-6,13H,2-4,11H2,1H3;/q;+1/p-1. The average molecular weight is 248 g/mol. The fourth-order valence-electron chi connectivity index (χ4n) is 1.41. The molecule has 0 saturated heterocycles. The maximum absolute atomic E-state index is 11.4. The molecular formula is C10H13N2NaO4. The largest absolute Gasteiger partial charge is 1.00 e. The summed E-state index contributed by atoms with van der Waals surface area (Å²) in [4.78, 5) is 10.3. The molecule has 0 saturated carbocycles. The molecule has 1 aromatic carbocycles. The molecule has 2 N–H and O–H groups in total. The molecule has 0 atom stereocenters. The van der Waals surface area contributed by atoms with Crippen LogP contribution in [0.3, 0.4) is 0 Å². The summed E-state index contributed by atoms with van der Waals surface area (Å²) >= 11 is 0. The van der Waals surface area contributed by atoms with Gasteiger partial charge < -0.3 is 15.6 Å². The molecule has 0 unspecified atom stereocenters. The van der Waals surface area contributed by atoms with Crippen molar-refractivity contribution in [1.82, 2.24) is 0 Å².